The summed E-state index contributed by atoms with van der Waals surface area (Å²) in [6.07, 6.45) is 0.534. The first-order chi connectivity index (χ1) is 14.1. The molecule has 0 radical (unpaired) electrons. The van der Waals surface area contributed by atoms with Crippen LogP contribution in [-0.4, -0.2) is 21.0 Å². The number of imide groups is 1. The lowest BCUT2D eigenvalue weighted by molar-refractivity contribution is -0.118. The predicted octanol–water partition coefficient (Wildman–Crippen LogP) is 5.50. The lowest BCUT2D eigenvalue weighted by Crippen LogP contribution is -2.25. The maximum Gasteiger partial charge on any atom is 0.286 e. The molecule has 1 aliphatic rings. The molecule has 0 spiro atoms. The molecule has 0 bridgehead atoms. The van der Waals surface area contributed by atoms with E-state index in [2.05, 4.69) is 80.4 Å². The Morgan fingerprint density at radius 1 is 0.931 bits per heavy atom. The van der Waals surface area contributed by atoms with Gasteiger partial charge in [0.15, 0.2) is 0 Å². The Hall–Kier alpha value is -2.57. The third-order valence-corrected chi connectivity index (χ3v) is 6.82. The van der Waals surface area contributed by atoms with Crippen molar-refractivity contribution in [1.82, 2.24) is 9.88 Å². The second kappa shape index (κ2) is 7.35. The van der Waals surface area contributed by atoms with Crippen molar-refractivity contribution in [3.05, 3.63) is 82.3 Å². The normalized spacial score (nSPS) is 16.7. The predicted molar refractivity (Wildman–Crippen MR) is 121 cm³/mol. The monoisotopic (exact) mass is 464 g/mol. The van der Waals surface area contributed by atoms with Crippen LogP contribution in [0.5, 0.6) is 0 Å². The topological polar surface area (TPSA) is 51.1 Å². The second-order valence-corrected chi connectivity index (χ2v) is 9.22. The van der Waals surface area contributed by atoms with Gasteiger partial charge < -0.3 is 4.57 Å². The third kappa shape index (κ3) is 3.36. The number of para-hydroxylation sites is 1. The smallest absolute Gasteiger partial charge is 0.286 e. The van der Waals surface area contributed by atoms with Crippen molar-refractivity contribution < 1.29 is 9.59 Å². The summed E-state index contributed by atoms with van der Waals surface area (Å²) >= 11 is 4.58. The molecule has 29 heavy (non-hydrogen) atoms. The van der Waals surface area contributed by atoms with Gasteiger partial charge in [0.25, 0.3) is 5.24 Å². The number of thioether (sulfide) groups is 1. The number of halogens is 1. The van der Waals surface area contributed by atoms with Crippen molar-refractivity contribution in [3.63, 3.8) is 0 Å². The summed E-state index contributed by atoms with van der Waals surface area (Å²) in [5, 5.41) is 4.09. The van der Waals surface area contributed by atoms with Crippen LogP contribution in [0.15, 0.2) is 71.2 Å². The minimum Gasteiger partial charge on any atom is -0.336 e. The standard InChI is InChI=1S/C23H17BrN2O2S/c24-16-10-8-14(9-11-16)13-26-18-6-2-1-5-17(18)21-15(4-3-7-19(21)26)12-20-22(27)25-23(28)29-20/h1-11,20H,12-13H2,(H,25,27,28). The van der Waals surface area contributed by atoms with Crippen molar-refractivity contribution >= 4 is 60.6 Å². The van der Waals surface area contributed by atoms with Gasteiger partial charge >= 0.3 is 0 Å². The van der Waals surface area contributed by atoms with Crippen molar-refractivity contribution in [2.24, 2.45) is 0 Å². The first kappa shape index (κ1) is 18.5. The van der Waals surface area contributed by atoms with Gasteiger partial charge in [0.2, 0.25) is 5.91 Å². The Morgan fingerprint density at radius 2 is 1.69 bits per heavy atom. The van der Waals surface area contributed by atoms with Crippen LogP contribution in [0.1, 0.15) is 11.1 Å². The Bertz CT molecular complexity index is 1260. The summed E-state index contributed by atoms with van der Waals surface area (Å²) in [6.45, 7) is 0.762. The minimum atomic E-state index is -0.373. The third-order valence-electron chi connectivity index (χ3n) is 5.31. The van der Waals surface area contributed by atoms with Gasteiger partial charge in [-0.3, -0.25) is 14.9 Å². The molecular weight excluding hydrogens is 448 g/mol. The van der Waals surface area contributed by atoms with Gasteiger partial charge in [0, 0.05) is 32.8 Å². The van der Waals surface area contributed by atoms with Crippen molar-refractivity contribution in [2.45, 2.75) is 18.2 Å². The van der Waals surface area contributed by atoms with E-state index < -0.39 is 0 Å². The minimum absolute atomic E-state index is 0.199. The van der Waals surface area contributed by atoms with E-state index in [1.54, 1.807) is 0 Å². The van der Waals surface area contributed by atoms with Crippen molar-refractivity contribution in [2.75, 3.05) is 0 Å². The molecule has 5 rings (SSSR count). The van der Waals surface area contributed by atoms with E-state index >= 15 is 0 Å². The summed E-state index contributed by atoms with van der Waals surface area (Å²) < 4.78 is 3.39. The van der Waals surface area contributed by atoms with E-state index in [9.17, 15) is 9.59 Å². The molecular formula is C23H17BrN2O2S. The first-order valence-corrected chi connectivity index (χ1v) is 11.0. The fourth-order valence-electron chi connectivity index (χ4n) is 4.01. The molecule has 1 aromatic heterocycles. The summed E-state index contributed by atoms with van der Waals surface area (Å²) in [5.41, 5.74) is 4.62. The van der Waals surface area contributed by atoms with Crippen LogP contribution in [0.3, 0.4) is 0 Å². The van der Waals surface area contributed by atoms with Crippen LogP contribution in [0, 0.1) is 0 Å². The average Bonchev–Trinajstić information content (AvgIpc) is 3.21. The lowest BCUT2D eigenvalue weighted by Gasteiger charge is -2.10. The fourth-order valence-corrected chi connectivity index (χ4v) is 5.12. The number of rotatable bonds is 4. The van der Waals surface area contributed by atoms with Gasteiger partial charge in [-0.2, -0.15) is 0 Å². The van der Waals surface area contributed by atoms with Gasteiger partial charge in [-0.1, -0.05) is 70.2 Å². The summed E-state index contributed by atoms with van der Waals surface area (Å²) in [5.74, 6) is -0.199. The van der Waals surface area contributed by atoms with Crippen LogP contribution in [0.2, 0.25) is 0 Å². The molecule has 1 fully saturated rings. The Balaban J connectivity index is 1.65. The number of nitrogens with zero attached hydrogens (tertiary/aromatic N) is 1. The molecule has 4 nitrogen and oxygen atoms in total. The van der Waals surface area contributed by atoms with Crippen LogP contribution in [0.25, 0.3) is 21.8 Å². The SMILES string of the molecule is O=C1NC(=O)C(Cc2cccc3c2c2ccccc2n3Cc2ccc(Br)cc2)S1. The number of hydrogen-bond donors (Lipinski definition) is 1. The number of carbonyl (C=O) groups is 2. The second-order valence-electron chi connectivity index (χ2n) is 7.13. The summed E-state index contributed by atoms with van der Waals surface area (Å²) in [6, 6.07) is 23.0. The zero-order valence-corrected chi connectivity index (χ0v) is 17.8. The van der Waals surface area contributed by atoms with E-state index in [0.29, 0.717) is 6.42 Å². The molecule has 1 N–H and O–H groups in total. The fraction of sp³-hybridized carbons (Fsp3) is 0.130. The molecule has 3 aromatic carbocycles. The maximum absolute atomic E-state index is 12.1. The highest BCUT2D eigenvalue weighted by molar-refractivity contribution is 9.10. The molecule has 1 unspecified atom stereocenters. The Kier molecular flexibility index (Phi) is 4.68. The molecule has 1 aliphatic heterocycles. The van der Waals surface area contributed by atoms with Crippen molar-refractivity contribution in [1.29, 1.82) is 0 Å². The van der Waals surface area contributed by atoms with Crippen LogP contribution >= 0.6 is 27.7 Å². The first-order valence-electron chi connectivity index (χ1n) is 9.35. The molecule has 0 saturated carbocycles. The van der Waals surface area contributed by atoms with E-state index in [0.717, 1.165) is 44.8 Å². The number of carbonyl (C=O) groups excluding carboxylic acids is 2. The lowest BCUT2D eigenvalue weighted by atomic mass is 10.0. The number of benzene rings is 3. The Morgan fingerprint density at radius 3 is 2.45 bits per heavy atom. The highest BCUT2D eigenvalue weighted by Crippen LogP contribution is 2.34. The van der Waals surface area contributed by atoms with E-state index in [4.69, 9.17) is 0 Å². The Labute approximate surface area is 180 Å². The molecule has 2 amide bonds. The molecule has 0 aliphatic carbocycles. The largest absolute Gasteiger partial charge is 0.336 e. The van der Waals surface area contributed by atoms with E-state index in [1.165, 1.54) is 10.9 Å². The number of hydrogen-bond acceptors (Lipinski definition) is 3. The van der Waals surface area contributed by atoms with E-state index in [1.807, 2.05) is 12.1 Å². The zero-order chi connectivity index (χ0) is 20.0. The highest BCUT2D eigenvalue weighted by Gasteiger charge is 2.32. The quantitative estimate of drug-likeness (QED) is 0.433. The number of aromatic nitrogens is 1. The average molecular weight is 465 g/mol. The van der Waals surface area contributed by atoms with Gasteiger partial charge in [0.1, 0.15) is 0 Å². The van der Waals surface area contributed by atoms with E-state index in [-0.39, 0.29) is 16.4 Å². The molecule has 4 aromatic rings. The highest BCUT2D eigenvalue weighted by atomic mass is 79.9. The van der Waals surface area contributed by atoms with Gasteiger partial charge in [0.05, 0.1) is 5.25 Å². The summed E-state index contributed by atoms with van der Waals surface area (Å²) in [7, 11) is 0. The number of amides is 2. The van der Waals surface area contributed by atoms with Gasteiger partial charge in [-0.05, 0) is 41.8 Å². The molecule has 1 saturated heterocycles. The number of fused-ring (bicyclic) bond motifs is 3. The molecule has 2 heterocycles. The van der Waals surface area contributed by atoms with Crippen LogP contribution < -0.4 is 5.32 Å². The maximum atomic E-state index is 12.1. The van der Waals surface area contributed by atoms with Gasteiger partial charge in [-0.15, -0.1) is 0 Å². The molecule has 6 heteroatoms. The molecule has 1 atom stereocenters. The van der Waals surface area contributed by atoms with Crippen LogP contribution in [-0.2, 0) is 17.8 Å². The molecule has 144 valence electrons. The zero-order valence-electron chi connectivity index (χ0n) is 15.4. The summed E-state index contributed by atoms with van der Waals surface area (Å²) in [4.78, 5) is 23.7. The van der Waals surface area contributed by atoms with Gasteiger partial charge in [-0.25, -0.2) is 0 Å². The van der Waals surface area contributed by atoms with Crippen LogP contribution in [0.4, 0.5) is 4.79 Å². The van der Waals surface area contributed by atoms with Crippen molar-refractivity contribution in [3.8, 4) is 0 Å². The number of nitrogens with one attached hydrogen (secondary N) is 1.